The maximum atomic E-state index is 12.8. The molecule has 0 aliphatic heterocycles. The Kier molecular flexibility index (Phi) is 5.46. The summed E-state index contributed by atoms with van der Waals surface area (Å²) in [6.07, 6.45) is -0.720. The van der Waals surface area contributed by atoms with Crippen LogP contribution in [0.2, 0.25) is 0 Å². The number of carbonyl (C=O) groups is 1. The van der Waals surface area contributed by atoms with Gasteiger partial charge in [0.15, 0.2) is 11.8 Å². The zero-order valence-electron chi connectivity index (χ0n) is 18.4. The molecular weight excluding hydrogens is 388 g/mol. The fourth-order valence-corrected chi connectivity index (χ4v) is 3.67. The van der Waals surface area contributed by atoms with Crippen LogP contribution in [-0.2, 0) is 11.8 Å². The smallest absolute Gasteiger partial charge is 0.265 e. The van der Waals surface area contributed by atoms with Gasteiger partial charge in [-0.1, -0.05) is 42.5 Å². The third-order valence-electron chi connectivity index (χ3n) is 5.35. The quantitative estimate of drug-likeness (QED) is 0.501. The van der Waals surface area contributed by atoms with Crippen LogP contribution in [0.4, 0.5) is 5.69 Å². The van der Waals surface area contributed by atoms with Crippen molar-refractivity contribution in [1.82, 2.24) is 14.8 Å². The van der Waals surface area contributed by atoms with E-state index in [4.69, 9.17) is 4.74 Å². The van der Waals surface area contributed by atoms with E-state index in [-0.39, 0.29) is 5.91 Å². The summed E-state index contributed by atoms with van der Waals surface area (Å²) in [5.41, 5.74) is 6.52. The third-order valence-corrected chi connectivity index (χ3v) is 5.35. The van der Waals surface area contributed by atoms with Gasteiger partial charge in [-0.05, 0) is 56.0 Å². The molecule has 158 valence electrons. The monoisotopic (exact) mass is 414 g/mol. The number of nitrogens with one attached hydrogen (secondary N) is 1. The van der Waals surface area contributed by atoms with Crippen LogP contribution in [0.25, 0.3) is 22.2 Å². The highest BCUT2D eigenvalue weighted by Gasteiger charge is 2.20. The minimum atomic E-state index is -0.720. The number of pyridine rings is 1. The van der Waals surface area contributed by atoms with E-state index in [1.54, 1.807) is 11.6 Å². The van der Waals surface area contributed by atoms with Gasteiger partial charge < -0.3 is 10.1 Å². The molecule has 6 heteroatoms. The summed E-state index contributed by atoms with van der Waals surface area (Å²) in [5, 5.41) is 8.47. The van der Waals surface area contributed by atoms with E-state index in [0.717, 1.165) is 44.7 Å². The first-order valence-electron chi connectivity index (χ1n) is 10.3. The van der Waals surface area contributed by atoms with Crippen LogP contribution in [0.3, 0.4) is 0 Å². The Morgan fingerprint density at radius 3 is 2.55 bits per heavy atom. The molecule has 4 aromatic rings. The first kappa shape index (κ1) is 20.6. The van der Waals surface area contributed by atoms with Gasteiger partial charge >= 0.3 is 0 Å². The molecule has 0 bridgehead atoms. The van der Waals surface area contributed by atoms with Gasteiger partial charge in [-0.3, -0.25) is 9.48 Å². The number of carbonyl (C=O) groups excluding carboxylic acids is 1. The van der Waals surface area contributed by atoms with Crippen molar-refractivity contribution in [3.63, 3.8) is 0 Å². The molecule has 0 saturated heterocycles. The third kappa shape index (κ3) is 4.14. The highest BCUT2D eigenvalue weighted by Crippen LogP contribution is 2.33. The van der Waals surface area contributed by atoms with E-state index < -0.39 is 6.10 Å². The van der Waals surface area contributed by atoms with Gasteiger partial charge in [-0.25, -0.2) is 0 Å². The zero-order chi connectivity index (χ0) is 22.1. The van der Waals surface area contributed by atoms with Crippen LogP contribution < -0.4 is 10.1 Å². The Morgan fingerprint density at radius 2 is 1.81 bits per heavy atom. The number of aromatic nitrogens is 3. The number of hydrogen-bond donors (Lipinski definition) is 1. The van der Waals surface area contributed by atoms with Gasteiger partial charge in [-0.2, -0.15) is 10.1 Å². The normalized spacial score (nSPS) is 12.0. The van der Waals surface area contributed by atoms with E-state index in [0.29, 0.717) is 5.88 Å². The average Bonchev–Trinajstić information content (AvgIpc) is 3.04. The summed E-state index contributed by atoms with van der Waals surface area (Å²) in [6, 6.07) is 17.9. The number of hydrogen-bond acceptors (Lipinski definition) is 4. The number of nitrogens with zero attached hydrogens (tertiary/aromatic N) is 3. The van der Waals surface area contributed by atoms with Crippen molar-refractivity contribution in [1.29, 1.82) is 0 Å². The maximum Gasteiger partial charge on any atom is 0.265 e. The first-order valence-corrected chi connectivity index (χ1v) is 10.3. The Bertz CT molecular complexity index is 1260. The minimum absolute atomic E-state index is 0.224. The fraction of sp³-hybridized carbons (Fsp3) is 0.240. The molecule has 4 rings (SSSR count). The van der Waals surface area contributed by atoms with Gasteiger partial charge in [0.05, 0.1) is 11.1 Å². The summed E-state index contributed by atoms with van der Waals surface area (Å²) >= 11 is 0. The van der Waals surface area contributed by atoms with Crippen LogP contribution in [0.5, 0.6) is 5.88 Å². The molecule has 31 heavy (non-hydrogen) atoms. The van der Waals surface area contributed by atoms with Crippen molar-refractivity contribution in [2.24, 2.45) is 7.05 Å². The fourth-order valence-electron chi connectivity index (χ4n) is 3.67. The predicted octanol–water partition coefficient (Wildman–Crippen LogP) is 4.97. The Labute approximate surface area is 181 Å². The molecule has 1 amide bonds. The number of rotatable bonds is 5. The number of benzene rings is 2. The lowest BCUT2D eigenvalue weighted by atomic mass is 10.0. The molecule has 6 nitrogen and oxygen atoms in total. The second-order valence-electron chi connectivity index (χ2n) is 7.85. The molecule has 0 fully saturated rings. The number of amides is 1. The van der Waals surface area contributed by atoms with E-state index in [1.165, 1.54) is 0 Å². The van der Waals surface area contributed by atoms with Crippen molar-refractivity contribution in [3.8, 4) is 17.0 Å². The van der Waals surface area contributed by atoms with Crippen LogP contribution in [0.1, 0.15) is 23.7 Å². The Hall–Kier alpha value is -3.67. The summed E-state index contributed by atoms with van der Waals surface area (Å²) in [7, 11) is 1.86. The molecule has 0 spiro atoms. The maximum absolute atomic E-state index is 12.8. The summed E-state index contributed by atoms with van der Waals surface area (Å²) in [6.45, 7) is 7.66. The van der Waals surface area contributed by atoms with Gasteiger partial charge in [-0.15, -0.1) is 0 Å². The lowest BCUT2D eigenvalue weighted by molar-refractivity contribution is -0.122. The molecule has 0 aliphatic rings. The summed E-state index contributed by atoms with van der Waals surface area (Å²) in [5.74, 6) is 0.163. The molecule has 0 radical (unpaired) electrons. The molecule has 0 aliphatic carbocycles. The second-order valence-corrected chi connectivity index (χ2v) is 7.85. The topological polar surface area (TPSA) is 69.0 Å². The van der Waals surface area contributed by atoms with E-state index in [1.807, 2.05) is 82.4 Å². The molecule has 1 N–H and O–H groups in total. The highest BCUT2D eigenvalue weighted by atomic mass is 16.5. The van der Waals surface area contributed by atoms with Crippen LogP contribution in [-0.4, -0.2) is 26.8 Å². The zero-order valence-corrected chi connectivity index (χ0v) is 18.4. The largest absolute Gasteiger partial charge is 0.464 e. The average molecular weight is 415 g/mol. The van der Waals surface area contributed by atoms with Gasteiger partial charge in [0.2, 0.25) is 5.88 Å². The van der Waals surface area contributed by atoms with Gasteiger partial charge in [0, 0.05) is 18.8 Å². The standard InChI is InChI=1S/C25H26N4O2/c1-15-11-12-16(2)21(13-15)26-25(30)18(4)31-22-14-20(19-9-7-6-8-10-19)23-17(3)28-29(5)24(23)27-22/h6-14,18H,1-5H3,(H,26,30). The summed E-state index contributed by atoms with van der Waals surface area (Å²) < 4.78 is 7.73. The second kappa shape index (κ2) is 8.22. The molecule has 2 heterocycles. The van der Waals surface area contributed by atoms with Crippen molar-refractivity contribution in [2.75, 3.05) is 5.32 Å². The van der Waals surface area contributed by atoms with Crippen LogP contribution in [0, 0.1) is 20.8 Å². The summed E-state index contributed by atoms with van der Waals surface area (Å²) in [4.78, 5) is 17.4. The lowest BCUT2D eigenvalue weighted by Crippen LogP contribution is -2.30. The van der Waals surface area contributed by atoms with Crippen molar-refractivity contribution in [2.45, 2.75) is 33.8 Å². The number of anilines is 1. The number of fused-ring (bicyclic) bond motifs is 1. The number of aryl methyl sites for hydroxylation is 4. The van der Waals surface area contributed by atoms with Crippen molar-refractivity contribution >= 4 is 22.6 Å². The molecule has 2 aromatic heterocycles. The SMILES string of the molecule is Cc1ccc(C)c(NC(=O)C(C)Oc2cc(-c3ccccc3)c3c(C)nn(C)c3n2)c1. The van der Waals surface area contributed by atoms with E-state index in [2.05, 4.69) is 15.4 Å². The van der Waals surface area contributed by atoms with Crippen LogP contribution in [0.15, 0.2) is 54.6 Å². The number of ether oxygens (including phenoxy) is 1. The van der Waals surface area contributed by atoms with Crippen molar-refractivity contribution in [3.05, 3.63) is 71.4 Å². The van der Waals surface area contributed by atoms with Crippen LogP contribution >= 0.6 is 0 Å². The first-order chi connectivity index (χ1) is 14.8. The van der Waals surface area contributed by atoms with Crippen molar-refractivity contribution < 1.29 is 9.53 Å². The highest BCUT2D eigenvalue weighted by molar-refractivity contribution is 5.96. The van der Waals surface area contributed by atoms with E-state index >= 15 is 0 Å². The molecule has 1 unspecified atom stereocenters. The predicted molar refractivity (Wildman–Crippen MR) is 123 cm³/mol. The molecular formula is C25H26N4O2. The Morgan fingerprint density at radius 1 is 1.06 bits per heavy atom. The van der Waals surface area contributed by atoms with E-state index in [9.17, 15) is 4.79 Å². The molecule has 2 aromatic carbocycles. The Balaban J connectivity index is 1.66. The molecule has 0 saturated carbocycles. The van der Waals surface area contributed by atoms with Gasteiger partial charge in [0.25, 0.3) is 5.91 Å². The minimum Gasteiger partial charge on any atom is -0.464 e. The lowest BCUT2D eigenvalue weighted by Gasteiger charge is -2.16. The van der Waals surface area contributed by atoms with Gasteiger partial charge in [0.1, 0.15) is 0 Å². The molecule has 1 atom stereocenters.